The molecule has 2 aromatic heterocycles. The lowest BCUT2D eigenvalue weighted by Gasteiger charge is -2.34. The van der Waals surface area contributed by atoms with Gasteiger partial charge in [-0.05, 0) is 36.2 Å². The van der Waals surface area contributed by atoms with Gasteiger partial charge in [-0.15, -0.1) is 0 Å². The maximum atomic E-state index is 13.3. The van der Waals surface area contributed by atoms with E-state index in [2.05, 4.69) is 37.2 Å². The molecule has 206 valence electrons. The van der Waals surface area contributed by atoms with Crippen LogP contribution in [0.4, 0.5) is 11.6 Å². The molecule has 1 atom stereocenters. The van der Waals surface area contributed by atoms with E-state index in [0.29, 0.717) is 67.7 Å². The lowest BCUT2D eigenvalue weighted by molar-refractivity contribution is 0.0745. The molecule has 41 heavy (non-hydrogen) atoms. The van der Waals surface area contributed by atoms with Crippen LogP contribution in [0.25, 0.3) is 0 Å². The number of hydrogen-bond donors (Lipinski definition) is 1. The molecule has 1 amide bonds. The lowest BCUT2D eigenvalue weighted by atomic mass is 10.1. The summed E-state index contributed by atoms with van der Waals surface area (Å²) >= 11 is 0. The van der Waals surface area contributed by atoms with Crippen LogP contribution in [0.15, 0.2) is 71.9 Å². The van der Waals surface area contributed by atoms with Gasteiger partial charge in [-0.25, -0.2) is 15.1 Å². The molecular weight excluding hydrogens is 520 g/mol. The lowest BCUT2D eigenvalue weighted by Crippen LogP contribution is -2.49. The molecule has 2 aliphatic heterocycles. The van der Waals surface area contributed by atoms with Crippen LogP contribution in [-0.4, -0.2) is 63.8 Å². The number of nitriles is 1. The summed E-state index contributed by atoms with van der Waals surface area (Å²) in [5.74, 6) is 1.10. The third-order valence-corrected chi connectivity index (χ3v) is 7.62. The molecule has 2 aromatic carbocycles. The van der Waals surface area contributed by atoms with E-state index in [4.69, 9.17) is 10.00 Å². The Hall–Kier alpha value is -5.24. The molecule has 0 spiro atoms. The minimum atomic E-state index is -0.213. The van der Waals surface area contributed by atoms with Crippen molar-refractivity contribution in [1.82, 2.24) is 25.1 Å². The first kappa shape index (κ1) is 26.0. The van der Waals surface area contributed by atoms with Crippen molar-refractivity contribution in [2.75, 3.05) is 42.6 Å². The van der Waals surface area contributed by atoms with Crippen LogP contribution >= 0.6 is 0 Å². The molecule has 4 heterocycles. The molecule has 0 aliphatic carbocycles. The second-order valence-corrected chi connectivity index (χ2v) is 10.1. The molecular formula is C30H28N8O3. The summed E-state index contributed by atoms with van der Waals surface area (Å²) in [6.07, 6.45) is 4.70. The van der Waals surface area contributed by atoms with Crippen molar-refractivity contribution < 1.29 is 9.53 Å². The maximum Gasteiger partial charge on any atom is 0.269 e. The zero-order valence-corrected chi connectivity index (χ0v) is 22.5. The van der Waals surface area contributed by atoms with E-state index in [1.807, 2.05) is 40.1 Å². The Labute approximate surface area is 236 Å². The summed E-state index contributed by atoms with van der Waals surface area (Å²) in [4.78, 5) is 40.1. The van der Waals surface area contributed by atoms with Crippen molar-refractivity contribution >= 4 is 17.5 Å². The first-order chi connectivity index (χ1) is 20.0. The minimum absolute atomic E-state index is 0.0612. The monoisotopic (exact) mass is 548 g/mol. The predicted molar refractivity (Wildman–Crippen MR) is 152 cm³/mol. The molecule has 1 saturated heterocycles. The molecule has 0 bridgehead atoms. The summed E-state index contributed by atoms with van der Waals surface area (Å²) in [6.45, 7) is 5.04. The van der Waals surface area contributed by atoms with Crippen LogP contribution in [0.1, 0.15) is 38.7 Å². The molecule has 1 fully saturated rings. The summed E-state index contributed by atoms with van der Waals surface area (Å²) in [5, 5.41) is 15.5. The molecule has 0 radical (unpaired) electrons. The molecule has 6 rings (SSSR count). The fourth-order valence-electron chi connectivity index (χ4n) is 5.36. The first-order valence-corrected chi connectivity index (χ1v) is 13.4. The Morgan fingerprint density at radius 3 is 2.63 bits per heavy atom. The highest BCUT2D eigenvalue weighted by molar-refractivity contribution is 5.94. The van der Waals surface area contributed by atoms with Crippen molar-refractivity contribution in [1.29, 1.82) is 5.26 Å². The first-order valence-electron chi connectivity index (χ1n) is 13.4. The number of aromatic nitrogens is 4. The van der Waals surface area contributed by atoms with Gasteiger partial charge in [0.15, 0.2) is 0 Å². The van der Waals surface area contributed by atoms with Gasteiger partial charge in [0.2, 0.25) is 5.95 Å². The van der Waals surface area contributed by atoms with Gasteiger partial charge < -0.3 is 19.4 Å². The fraction of sp³-hybridized carbons (Fsp3) is 0.267. The van der Waals surface area contributed by atoms with Gasteiger partial charge in [-0.3, -0.25) is 9.59 Å². The zero-order valence-electron chi connectivity index (χ0n) is 22.5. The highest BCUT2D eigenvalue weighted by Gasteiger charge is 2.32. The van der Waals surface area contributed by atoms with Crippen LogP contribution in [-0.2, 0) is 6.54 Å². The average molecular weight is 549 g/mol. The van der Waals surface area contributed by atoms with Gasteiger partial charge in [-0.2, -0.15) is 10.4 Å². The number of aromatic amines is 1. The van der Waals surface area contributed by atoms with Crippen molar-refractivity contribution in [2.24, 2.45) is 0 Å². The second kappa shape index (κ2) is 11.1. The van der Waals surface area contributed by atoms with Gasteiger partial charge >= 0.3 is 0 Å². The number of amides is 1. The van der Waals surface area contributed by atoms with Gasteiger partial charge in [0.05, 0.1) is 35.9 Å². The van der Waals surface area contributed by atoms with Crippen LogP contribution in [0.5, 0.6) is 5.75 Å². The van der Waals surface area contributed by atoms with E-state index in [0.717, 1.165) is 11.3 Å². The van der Waals surface area contributed by atoms with Crippen LogP contribution in [0, 0.1) is 18.3 Å². The number of anilines is 2. The second-order valence-electron chi connectivity index (χ2n) is 10.1. The molecule has 1 unspecified atom stereocenters. The van der Waals surface area contributed by atoms with E-state index in [1.165, 1.54) is 18.0 Å². The predicted octanol–water partition coefficient (Wildman–Crippen LogP) is 2.84. The number of piperazine rings is 1. The van der Waals surface area contributed by atoms with E-state index in [9.17, 15) is 9.59 Å². The highest BCUT2D eigenvalue weighted by Crippen LogP contribution is 2.38. The maximum absolute atomic E-state index is 13.3. The number of nitrogens with one attached hydrogen (secondary N) is 1. The average Bonchev–Trinajstić information content (AvgIpc) is 3.39. The van der Waals surface area contributed by atoms with E-state index >= 15 is 0 Å². The third-order valence-electron chi connectivity index (χ3n) is 7.62. The van der Waals surface area contributed by atoms with E-state index in [-0.39, 0.29) is 17.5 Å². The van der Waals surface area contributed by atoms with Gasteiger partial charge in [-0.1, -0.05) is 30.3 Å². The van der Waals surface area contributed by atoms with Gasteiger partial charge in [0.1, 0.15) is 18.4 Å². The smallest absolute Gasteiger partial charge is 0.269 e. The summed E-state index contributed by atoms with van der Waals surface area (Å²) in [6, 6.07) is 17.3. The number of rotatable bonds is 6. The molecule has 4 aromatic rings. The summed E-state index contributed by atoms with van der Waals surface area (Å²) in [7, 11) is 0. The molecule has 0 saturated carbocycles. The summed E-state index contributed by atoms with van der Waals surface area (Å²) < 4.78 is 6.27. The number of ether oxygens (including phenoxy) is 1. The van der Waals surface area contributed by atoms with E-state index in [1.54, 1.807) is 25.3 Å². The standard InChI is InChI=1S/C30H28N8O3/c1-20-26(17-34-35-28(20)39)38-18-23-5-2-3-8-25(23)27(38)19-41-24-7-4-6-22(13-24)29(40)36-9-11-37(12-10-36)30-32-15-21(14-31)16-33-30/h2-8,13,15-17,27H,9-12,18-19H2,1H3,(H,35,39). The van der Waals surface area contributed by atoms with Gasteiger partial charge in [0.25, 0.3) is 11.5 Å². The van der Waals surface area contributed by atoms with Crippen molar-refractivity contribution in [3.8, 4) is 11.8 Å². The van der Waals surface area contributed by atoms with Crippen LogP contribution < -0.4 is 20.1 Å². The Morgan fingerprint density at radius 1 is 1.07 bits per heavy atom. The quantitative estimate of drug-likeness (QED) is 0.386. The number of H-pyrrole nitrogens is 1. The molecule has 1 N–H and O–H groups in total. The number of carbonyl (C=O) groups excluding carboxylic acids is 1. The molecule has 11 heteroatoms. The SMILES string of the molecule is Cc1c(N2Cc3ccccc3C2COc2cccc(C(=O)N3CCN(c4ncc(C#N)cn4)CC3)c2)cn[nH]c1=O. The van der Waals surface area contributed by atoms with Crippen LogP contribution in [0.2, 0.25) is 0 Å². The number of nitrogens with zero attached hydrogens (tertiary/aromatic N) is 7. The fourth-order valence-corrected chi connectivity index (χ4v) is 5.36. The van der Waals surface area contributed by atoms with E-state index < -0.39 is 0 Å². The zero-order chi connectivity index (χ0) is 28.3. The number of benzene rings is 2. The van der Waals surface area contributed by atoms with Crippen molar-refractivity contribution in [3.63, 3.8) is 0 Å². The summed E-state index contributed by atoms with van der Waals surface area (Å²) in [5.41, 5.74) is 4.46. The third kappa shape index (κ3) is 5.19. The van der Waals surface area contributed by atoms with Crippen LogP contribution in [0.3, 0.4) is 0 Å². The largest absolute Gasteiger partial charge is 0.491 e. The molecule has 2 aliphatic rings. The Kier molecular flexibility index (Phi) is 7.04. The molecule has 11 nitrogen and oxygen atoms in total. The highest BCUT2D eigenvalue weighted by atomic mass is 16.5. The Bertz CT molecular complexity index is 1670. The number of fused-ring (bicyclic) bond motifs is 1. The number of hydrogen-bond acceptors (Lipinski definition) is 9. The Morgan fingerprint density at radius 2 is 1.85 bits per heavy atom. The van der Waals surface area contributed by atoms with Crippen molar-refractivity contribution in [3.05, 3.63) is 105 Å². The number of carbonyl (C=O) groups is 1. The Balaban J connectivity index is 1.13. The normalized spacial score (nSPS) is 16.3. The van der Waals surface area contributed by atoms with Gasteiger partial charge in [0, 0.05) is 43.9 Å². The minimum Gasteiger partial charge on any atom is -0.491 e. The topological polar surface area (TPSA) is 131 Å². The van der Waals surface area contributed by atoms with Crippen molar-refractivity contribution in [2.45, 2.75) is 19.5 Å².